The molecule has 2 N–H and O–H groups in total. The van der Waals surface area contributed by atoms with Crippen molar-refractivity contribution in [1.29, 1.82) is 0 Å². The number of carbonyl (C=O) groups excluding carboxylic acids is 1. The molecular weight excluding hydrogens is 404 g/mol. The van der Waals surface area contributed by atoms with Crippen LogP contribution < -0.4 is 20.3 Å². The van der Waals surface area contributed by atoms with E-state index < -0.39 is 0 Å². The number of anilines is 2. The monoisotopic (exact) mass is 436 g/mol. The fourth-order valence-electron chi connectivity index (χ4n) is 5.09. The van der Waals surface area contributed by atoms with Crippen molar-refractivity contribution < 1.29 is 9.53 Å². The predicted molar refractivity (Wildman–Crippen MR) is 125 cm³/mol. The Bertz CT molecular complexity index is 998. The minimum atomic E-state index is 0.00208. The Kier molecular flexibility index (Phi) is 5.87. The maximum Gasteiger partial charge on any atom is 0.258 e. The van der Waals surface area contributed by atoms with E-state index in [-0.39, 0.29) is 5.91 Å². The van der Waals surface area contributed by atoms with E-state index in [1.54, 1.807) is 7.11 Å². The number of hydrogen-bond donors (Lipinski definition) is 2. The van der Waals surface area contributed by atoms with Crippen LogP contribution in [0.1, 0.15) is 52.6 Å². The summed E-state index contributed by atoms with van der Waals surface area (Å²) in [6.07, 6.45) is 4.19. The van der Waals surface area contributed by atoms with Crippen LogP contribution in [0.2, 0.25) is 0 Å². The summed E-state index contributed by atoms with van der Waals surface area (Å²) >= 11 is 0. The van der Waals surface area contributed by atoms with Crippen LogP contribution in [0.25, 0.3) is 0 Å². The van der Waals surface area contributed by atoms with Gasteiger partial charge in [-0.25, -0.2) is 9.97 Å². The number of fused-ring (bicyclic) bond motifs is 1. The molecule has 0 saturated carbocycles. The smallest absolute Gasteiger partial charge is 0.258 e. The van der Waals surface area contributed by atoms with Gasteiger partial charge in [0.25, 0.3) is 5.91 Å². The Morgan fingerprint density at radius 2 is 2.06 bits per heavy atom. The predicted octanol–water partition coefficient (Wildman–Crippen LogP) is 2.40. The van der Waals surface area contributed by atoms with Crippen LogP contribution in [-0.4, -0.2) is 67.7 Å². The van der Waals surface area contributed by atoms with Gasteiger partial charge < -0.3 is 25.2 Å². The minimum Gasteiger partial charge on any atom is -0.496 e. The highest BCUT2D eigenvalue weighted by Gasteiger charge is 2.30. The third kappa shape index (κ3) is 3.88. The average Bonchev–Trinajstić information content (AvgIpc) is 3.57. The fourth-order valence-corrected chi connectivity index (χ4v) is 5.09. The lowest BCUT2D eigenvalue weighted by Gasteiger charge is -2.30. The molecule has 0 bridgehead atoms. The second-order valence-electron chi connectivity index (χ2n) is 8.85. The van der Waals surface area contributed by atoms with E-state index in [4.69, 9.17) is 14.7 Å². The van der Waals surface area contributed by atoms with Crippen molar-refractivity contribution in [3.63, 3.8) is 0 Å². The molecule has 0 unspecified atom stereocenters. The zero-order chi connectivity index (χ0) is 22.1. The first-order valence-corrected chi connectivity index (χ1v) is 11.7. The summed E-state index contributed by atoms with van der Waals surface area (Å²) in [6, 6.07) is 5.97. The molecule has 2 aromatic rings. The van der Waals surface area contributed by atoms with Gasteiger partial charge >= 0.3 is 0 Å². The lowest BCUT2D eigenvalue weighted by Crippen LogP contribution is -2.37. The van der Waals surface area contributed by atoms with E-state index in [1.165, 1.54) is 12.8 Å². The van der Waals surface area contributed by atoms with E-state index in [9.17, 15) is 4.79 Å². The van der Waals surface area contributed by atoms with Crippen LogP contribution in [0.4, 0.5) is 11.5 Å². The molecule has 3 aliphatic heterocycles. The van der Waals surface area contributed by atoms with Crippen LogP contribution in [0.5, 0.6) is 5.75 Å². The number of hydrogen-bond acceptors (Lipinski definition) is 7. The third-order valence-electron chi connectivity index (χ3n) is 6.92. The van der Waals surface area contributed by atoms with E-state index in [2.05, 4.69) is 21.6 Å². The summed E-state index contributed by atoms with van der Waals surface area (Å²) in [6.45, 7) is 5.13. The van der Waals surface area contributed by atoms with Crippen molar-refractivity contribution in [3.8, 4) is 5.75 Å². The van der Waals surface area contributed by atoms with Crippen LogP contribution in [0.3, 0.4) is 0 Å². The molecule has 1 aromatic heterocycles. The molecule has 5 rings (SSSR count). The summed E-state index contributed by atoms with van der Waals surface area (Å²) in [5.74, 6) is 2.73. The van der Waals surface area contributed by atoms with Gasteiger partial charge in [-0.2, -0.15) is 0 Å². The molecule has 2 saturated heterocycles. The van der Waals surface area contributed by atoms with Crippen LogP contribution >= 0.6 is 0 Å². The molecule has 0 aliphatic carbocycles. The van der Waals surface area contributed by atoms with Gasteiger partial charge in [0, 0.05) is 50.4 Å². The second kappa shape index (κ2) is 8.94. The lowest BCUT2D eigenvalue weighted by molar-refractivity contribution is 0.0728. The Balaban J connectivity index is 1.43. The number of methoxy groups -OCH3 is 1. The topological polar surface area (TPSA) is 82.6 Å². The van der Waals surface area contributed by atoms with Gasteiger partial charge in [-0.3, -0.25) is 4.79 Å². The number of nitrogens with one attached hydrogen (secondary N) is 2. The number of benzene rings is 1. The van der Waals surface area contributed by atoms with Crippen LogP contribution in [-0.2, 0) is 13.0 Å². The van der Waals surface area contributed by atoms with Gasteiger partial charge in [0.05, 0.1) is 24.9 Å². The molecule has 0 radical (unpaired) electrons. The highest BCUT2D eigenvalue weighted by Crippen LogP contribution is 2.31. The number of nitrogens with zero attached hydrogens (tertiary/aromatic N) is 4. The van der Waals surface area contributed by atoms with Gasteiger partial charge in [-0.05, 0) is 50.4 Å². The Morgan fingerprint density at radius 1 is 1.22 bits per heavy atom. The molecule has 8 heteroatoms. The van der Waals surface area contributed by atoms with Gasteiger partial charge in [-0.15, -0.1) is 0 Å². The standard InChI is InChI=1S/C24H32N6O2/c1-25-23-18-8-12-30(15-20(18)27-22(28-23)16-7-9-26-14-16)24(31)19-13-17(5-6-21(19)32-2)29-10-3-4-11-29/h5-6,13,16,26H,3-4,7-12,14-15H2,1-2H3,(H,25,27,28)/t16-/m1/s1. The Morgan fingerprint density at radius 3 is 2.78 bits per heavy atom. The molecule has 32 heavy (non-hydrogen) atoms. The first kappa shape index (κ1) is 21.0. The zero-order valence-corrected chi connectivity index (χ0v) is 19.0. The summed E-state index contributed by atoms with van der Waals surface area (Å²) in [4.78, 5) is 27.6. The Labute approximate surface area is 189 Å². The van der Waals surface area contributed by atoms with E-state index in [1.807, 2.05) is 24.1 Å². The maximum atomic E-state index is 13.6. The molecular formula is C24H32N6O2. The number of ether oxygens (including phenoxy) is 1. The molecule has 4 heterocycles. The molecule has 170 valence electrons. The highest BCUT2D eigenvalue weighted by atomic mass is 16.5. The largest absolute Gasteiger partial charge is 0.496 e. The summed E-state index contributed by atoms with van der Waals surface area (Å²) < 4.78 is 5.56. The minimum absolute atomic E-state index is 0.00208. The van der Waals surface area contributed by atoms with Gasteiger partial charge in [0.2, 0.25) is 0 Å². The van der Waals surface area contributed by atoms with Gasteiger partial charge in [0.15, 0.2) is 0 Å². The molecule has 1 aromatic carbocycles. The van der Waals surface area contributed by atoms with Crippen LogP contribution in [0, 0.1) is 0 Å². The first-order valence-electron chi connectivity index (χ1n) is 11.7. The number of aromatic nitrogens is 2. The molecule has 8 nitrogen and oxygen atoms in total. The molecule has 1 amide bonds. The highest BCUT2D eigenvalue weighted by molar-refractivity contribution is 5.98. The first-order chi connectivity index (χ1) is 15.7. The molecule has 3 aliphatic rings. The third-order valence-corrected chi connectivity index (χ3v) is 6.92. The van der Waals surface area contributed by atoms with Crippen molar-refractivity contribution in [2.45, 2.75) is 38.1 Å². The number of amides is 1. The van der Waals surface area contributed by atoms with Crippen molar-refractivity contribution in [1.82, 2.24) is 20.2 Å². The lowest BCUT2D eigenvalue weighted by atomic mass is 10.0. The number of rotatable bonds is 5. The van der Waals surface area contributed by atoms with Gasteiger partial charge in [0.1, 0.15) is 17.4 Å². The van der Waals surface area contributed by atoms with Crippen molar-refractivity contribution in [3.05, 3.63) is 40.8 Å². The van der Waals surface area contributed by atoms with E-state index in [0.717, 1.165) is 67.6 Å². The van der Waals surface area contributed by atoms with Crippen molar-refractivity contribution in [2.75, 3.05) is 57.1 Å². The van der Waals surface area contributed by atoms with Crippen molar-refractivity contribution in [2.24, 2.45) is 0 Å². The summed E-state index contributed by atoms with van der Waals surface area (Å²) in [5, 5.41) is 6.65. The van der Waals surface area contributed by atoms with Crippen molar-refractivity contribution >= 4 is 17.4 Å². The SMILES string of the molecule is CNc1nc([C@@H]2CCNC2)nc2c1CCN(C(=O)c1cc(N3CCCC3)ccc1OC)C2. The Hall–Kier alpha value is -2.87. The number of carbonyl (C=O) groups is 1. The normalized spacial score (nSPS) is 20.4. The second-order valence-corrected chi connectivity index (χ2v) is 8.85. The zero-order valence-electron chi connectivity index (χ0n) is 19.0. The van der Waals surface area contributed by atoms with Crippen LogP contribution in [0.15, 0.2) is 18.2 Å². The summed E-state index contributed by atoms with van der Waals surface area (Å²) in [7, 11) is 3.53. The molecule has 2 fully saturated rings. The molecule has 1 atom stereocenters. The van der Waals surface area contributed by atoms with Gasteiger partial charge in [-0.1, -0.05) is 0 Å². The van der Waals surface area contributed by atoms with E-state index >= 15 is 0 Å². The maximum absolute atomic E-state index is 13.6. The quantitative estimate of drug-likeness (QED) is 0.745. The summed E-state index contributed by atoms with van der Waals surface area (Å²) in [5.41, 5.74) is 3.81. The van der Waals surface area contributed by atoms with E-state index in [0.29, 0.717) is 30.3 Å². The fraction of sp³-hybridized carbons (Fsp3) is 0.542. The molecule has 0 spiro atoms. The average molecular weight is 437 g/mol.